The number of nitrogens with zero attached hydrogens (tertiary/aromatic N) is 3. The molecule has 0 atom stereocenters. The van der Waals surface area contributed by atoms with Gasteiger partial charge in [-0.15, -0.1) is 0 Å². The number of pyridine rings is 1. The van der Waals surface area contributed by atoms with Crippen molar-refractivity contribution in [3.05, 3.63) is 18.3 Å². The highest BCUT2D eigenvalue weighted by Crippen LogP contribution is 2.22. The number of sulfonamides is 1. The molecule has 0 bridgehead atoms. The molecule has 0 unspecified atom stereocenters. The number of piperidine rings is 1. The van der Waals surface area contributed by atoms with Crippen molar-refractivity contribution in [2.45, 2.75) is 17.7 Å². The van der Waals surface area contributed by atoms with Crippen molar-refractivity contribution < 1.29 is 8.42 Å². The molecule has 2 heterocycles. The quantitative estimate of drug-likeness (QED) is 0.870. The van der Waals surface area contributed by atoms with Crippen molar-refractivity contribution in [2.24, 2.45) is 5.92 Å². The maximum atomic E-state index is 12.0. The molecule has 1 aromatic heterocycles. The Labute approximate surface area is 127 Å². The summed E-state index contributed by atoms with van der Waals surface area (Å²) < 4.78 is 25.2. The molecule has 7 heteroatoms. The summed E-state index contributed by atoms with van der Waals surface area (Å²) in [5.74, 6) is 1.58. The maximum Gasteiger partial charge on any atom is 0.244 e. The molecule has 1 aliphatic heterocycles. The lowest BCUT2D eigenvalue weighted by Gasteiger charge is -2.32. The van der Waals surface area contributed by atoms with E-state index in [0.717, 1.165) is 44.2 Å². The van der Waals surface area contributed by atoms with Crippen molar-refractivity contribution in [3.63, 3.8) is 0 Å². The van der Waals surface area contributed by atoms with Gasteiger partial charge in [0.15, 0.2) is 0 Å². The van der Waals surface area contributed by atoms with Crippen LogP contribution in [-0.4, -0.2) is 58.5 Å². The molecule has 0 spiro atoms. The van der Waals surface area contributed by atoms with Crippen LogP contribution in [0.2, 0.25) is 0 Å². The Morgan fingerprint density at radius 1 is 1.33 bits per heavy atom. The fourth-order valence-electron chi connectivity index (χ4n) is 2.58. The average molecular weight is 312 g/mol. The highest BCUT2D eigenvalue weighted by Gasteiger charge is 2.21. The van der Waals surface area contributed by atoms with E-state index in [1.807, 2.05) is 7.05 Å². The molecular weight excluding hydrogens is 288 g/mol. The largest absolute Gasteiger partial charge is 0.357 e. The van der Waals surface area contributed by atoms with E-state index in [4.69, 9.17) is 0 Å². The Kier molecular flexibility index (Phi) is 5.18. The molecule has 0 amide bonds. The molecule has 0 radical (unpaired) electrons. The van der Waals surface area contributed by atoms with Crippen LogP contribution in [-0.2, 0) is 10.0 Å². The van der Waals surface area contributed by atoms with Gasteiger partial charge in [-0.3, -0.25) is 0 Å². The monoisotopic (exact) mass is 312 g/mol. The van der Waals surface area contributed by atoms with Gasteiger partial charge >= 0.3 is 0 Å². The van der Waals surface area contributed by atoms with Crippen LogP contribution in [0, 0.1) is 5.92 Å². The van der Waals surface area contributed by atoms with E-state index in [9.17, 15) is 8.42 Å². The van der Waals surface area contributed by atoms with E-state index in [1.54, 1.807) is 12.1 Å². The molecule has 1 fully saturated rings. The molecule has 0 aromatic carbocycles. The number of hydrogen-bond acceptors (Lipinski definition) is 5. The molecule has 0 saturated carbocycles. The molecule has 0 aliphatic carbocycles. The van der Waals surface area contributed by atoms with Gasteiger partial charge in [0.2, 0.25) is 10.0 Å². The Bertz CT molecular complexity index is 549. The first-order chi connectivity index (χ1) is 9.95. The highest BCUT2D eigenvalue weighted by molar-refractivity contribution is 7.89. The second kappa shape index (κ2) is 6.72. The topological polar surface area (TPSA) is 65.5 Å². The van der Waals surface area contributed by atoms with Gasteiger partial charge in [0.1, 0.15) is 10.7 Å². The smallest absolute Gasteiger partial charge is 0.244 e. The summed E-state index contributed by atoms with van der Waals surface area (Å²) in [5.41, 5.74) is 0. The fraction of sp³-hybridized carbons (Fsp3) is 0.643. The van der Waals surface area contributed by atoms with Gasteiger partial charge in [-0.1, -0.05) is 0 Å². The fourth-order valence-corrected chi connectivity index (χ4v) is 3.43. The number of rotatable bonds is 5. The van der Waals surface area contributed by atoms with Crippen molar-refractivity contribution in [1.29, 1.82) is 0 Å². The van der Waals surface area contributed by atoms with Crippen LogP contribution in [0.25, 0.3) is 0 Å². The molecule has 1 saturated heterocycles. The van der Waals surface area contributed by atoms with Gasteiger partial charge in [0, 0.05) is 33.4 Å². The van der Waals surface area contributed by atoms with Gasteiger partial charge in [-0.25, -0.2) is 17.7 Å². The summed E-state index contributed by atoms with van der Waals surface area (Å²) in [5, 5.41) is 3.22. The lowest BCUT2D eigenvalue weighted by Crippen LogP contribution is -2.37. The molecule has 118 valence electrons. The van der Waals surface area contributed by atoms with Crippen molar-refractivity contribution in [1.82, 2.24) is 14.6 Å². The van der Waals surface area contributed by atoms with E-state index in [1.165, 1.54) is 24.6 Å². The van der Waals surface area contributed by atoms with Crippen LogP contribution in [0.4, 0.5) is 5.82 Å². The summed E-state index contributed by atoms with van der Waals surface area (Å²) in [6.45, 7) is 3.00. The Morgan fingerprint density at radius 3 is 2.48 bits per heavy atom. The van der Waals surface area contributed by atoms with E-state index < -0.39 is 10.0 Å². The van der Waals surface area contributed by atoms with Crippen LogP contribution in [0.15, 0.2) is 23.2 Å². The Balaban J connectivity index is 2.04. The van der Waals surface area contributed by atoms with Gasteiger partial charge in [-0.2, -0.15) is 0 Å². The minimum atomic E-state index is -3.40. The van der Waals surface area contributed by atoms with Crippen molar-refractivity contribution in [3.8, 4) is 0 Å². The Hall–Kier alpha value is -1.18. The van der Waals surface area contributed by atoms with Crippen LogP contribution < -0.4 is 10.2 Å². The minimum Gasteiger partial charge on any atom is -0.357 e. The molecule has 21 heavy (non-hydrogen) atoms. The zero-order valence-electron chi connectivity index (χ0n) is 12.9. The highest BCUT2D eigenvalue weighted by atomic mass is 32.2. The zero-order chi connectivity index (χ0) is 15.5. The molecule has 1 N–H and O–H groups in total. The number of hydrogen-bond donors (Lipinski definition) is 1. The Morgan fingerprint density at radius 2 is 2.00 bits per heavy atom. The normalized spacial score (nSPS) is 17.4. The number of nitrogens with one attached hydrogen (secondary N) is 1. The van der Waals surface area contributed by atoms with Crippen LogP contribution >= 0.6 is 0 Å². The zero-order valence-corrected chi connectivity index (χ0v) is 13.7. The maximum absolute atomic E-state index is 12.0. The summed E-state index contributed by atoms with van der Waals surface area (Å²) in [4.78, 5) is 6.78. The van der Waals surface area contributed by atoms with Gasteiger partial charge < -0.3 is 10.2 Å². The van der Waals surface area contributed by atoms with E-state index >= 15 is 0 Å². The summed E-state index contributed by atoms with van der Waals surface area (Å²) in [6.07, 6.45) is 3.73. The summed E-state index contributed by atoms with van der Waals surface area (Å²) in [7, 11) is 1.63. The lowest BCUT2D eigenvalue weighted by atomic mass is 9.97. The molecule has 1 aliphatic rings. The molecule has 2 rings (SSSR count). The van der Waals surface area contributed by atoms with Crippen LogP contribution in [0.1, 0.15) is 12.8 Å². The second-order valence-corrected chi connectivity index (χ2v) is 7.78. The lowest BCUT2D eigenvalue weighted by molar-refractivity contribution is 0.392. The van der Waals surface area contributed by atoms with Crippen LogP contribution in [0.3, 0.4) is 0 Å². The molecular formula is C14H24N4O2S. The minimum absolute atomic E-state index is 0.237. The third-order valence-electron chi connectivity index (χ3n) is 3.93. The third-order valence-corrected chi connectivity index (χ3v) is 5.73. The SMILES string of the molecule is CNCC1CCN(c2ccc(S(=O)(=O)N(C)C)cn2)CC1. The van der Waals surface area contributed by atoms with E-state index in [2.05, 4.69) is 15.2 Å². The van der Waals surface area contributed by atoms with Crippen molar-refractivity contribution >= 4 is 15.8 Å². The second-order valence-electron chi connectivity index (χ2n) is 5.63. The van der Waals surface area contributed by atoms with Crippen LogP contribution in [0.5, 0.6) is 0 Å². The first-order valence-electron chi connectivity index (χ1n) is 7.23. The first kappa shape index (κ1) is 16.2. The van der Waals surface area contributed by atoms with Gasteiger partial charge in [-0.05, 0) is 44.5 Å². The predicted octanol–water partition coefficient (Wildman–Crippen LogP) is 0.768. The van der Waals surface area contributed by atoms with Gasteiger partial charge in [0.05, 0.1) is 0 Å². The molecule has 6 nitrogen and oxygen atoms in total. The number of aromatic nitrogens is 1. The van der Waals surface area contributed by atoms with E-state index in [-0.39, 0.29) is 4.90 Å². The van der Waals surface area contributed by atoms with E-state index in [0.29, 0.717) is 0 Å². The third kappa shape index (κ3) is 3.72. The molecule has 1 aromatic rings. The van der Waals surface area contributed by atoms with Crippen molar-refractivity contribution in [2.75, 3.05) is 45.7 Å². The summed E-state index contributed by atoms with van der Waals surface area (Å²) >= 11 is 0. The summed E-state index contributed by atoms with van der Waals surface area (Å²) in [6, 6.07) is 3.44. The van der Waals surface area contributed by atoms with Gasteiger partial charge in [0.25, 0.3) is 0 Å². The first-order valence-corrected chi connectivity index (χ1v) is 8.67. The average Bonchev–Trinajstić information content (AvgIpc) is 2.48. The number of anilines is 1. The standard InChI is InChI=1S/C14H24N4O2S/c1-15-10-12-6-8-18(9-7-12)14-5-4-13(11-16-14)21(19,20)17(2)3/h4-5,11-12,15H,6-10H2,1-3H3. The predicted molar refractivity (Wildman–Crippen MR) is 84.0 cm³/mol.